The Morgan fingerprint density at radius 3 is 2.79 bits per heavy atom. The second kappa shape index (κ2) is 6.14. The number of thioether (sulfide) groups is 1. The minimum absolute atomic E-state index is 0.508. The Labute approximate surface area is 125 Å². The molecule has 4 heteroatoms. The standard InChI is InChI=1S/C15H22N2S2/c1-4-11-9-8-10(2)17(11)12-6-5-7-13(19-3)14(12)15(16)18/h5-7,10-11H,4,8-9H2,1-3H3,(H2,16,18). The van der Waals surface area contributed by atoms with E-state index < -0.39 is 0 Å². The fourth-order valence-electron chi connectivity index (χ4n) is 3.06. The Morgan fingerprint density at radius 1 is 1.47 bits per heavy atom. The lowest BCUT2D eigenvalue weighted by molar-refractivity contribution is 0.627. The van der Waals surface area contributed by atoms with Crippen LogP contribution in [0.1, 0.15) is 38.7 Å². The van der Waals surface area contributed by atoms with Gasteiger partial charge < -0.3 is 10.6 Å². The quantitative estimate of drug-likeness (QED) is 0.675. The molecule has 0 amide bonds. The van der Waals surface area contributed by atoms with E-state index in [-0.39, 0.29) is 0 Å². The second-order valence-corrected chi connectivity index (χ2v) is 6.40. The van der Waals surface area contributed by atoms with Gasteiger partial charge in [0.15, 0.2) is 0 Å². The van der Waals surface area contributed by atoms with Crippen LogP contribution in [-0.4, -0.2) is 23.3 Å². The number of rotatable bonds is 4. The van der Waals surface area contributed by atoms with Gasteiger partial charge in [0.25, 0.3) is 0 Å². The maximum absolute atomic E-state index is 5.98. The highest BCUT2D eigenvalue weighted by molar-refractivity contribution is 7.98. The highest BCUT2D eigenvalue weighted by Gasteiger charge is 2.31. The predicted molar refractivity (Wildman–Crippen MR) is 89.4 cm³/mol. The zero-order valence-electron chi connectivity index (χ0n) is 11.8. The van der Waals surface area contributed by atoms with Gasteiger partial charge in [-0.25, -0.2) is 0 Å². The minimum Gasteiger partial charge on any atom is -0.389 e. The molecule has 2 N–H and O–H groups in total. The first-order valence-corrected chi connectivity index (χ1v) is 8.48. The molecule has 0 spiro atoms. The third kappa shape index (κ3) is 2.75. The van der Waals surface area contributed by atoms with Gasteiger partial charge in [-0.15, -0.1) is 11.8 Å². The van der Waals surface area contributed by atoms with Gasteiger partial charge in [-0.1, -0.05) is 25.2 Å². The van der Waals surface area contributed by atoms with E-state index in [9.17, 15) is 0 Å². The maximum Gasteiger partial charge on any atom is 0.107 e. The minimum atomic E-state index is 0.508. The van der Waals surface area contributed by atoms with Gasteiger partial charge >= 0.3 is 0 Å². The monoisotopic (exact) mass is 294 g/mol. The van der Waals surface area contributed by atoms with Crippen molar-refractivity contribution in [3.63, 3.8) is 0 Å². The van der Waals surface area contributed by atoms with Crippen molar-refractivity contribution in [2.24, 2.45) is 5.73 Å². The van der Waals surface area contributed by atoms with Crippen LogP contribution in [0.15, 0.2) is 23.1 Å². The van der Waals surface area contributed by atoms with Crippen molar-refractivity contribution in [3.05, 3.63) is 23.8 Å². The average molecular weight is 294 g/mol. The fraction of sp³-hybridized carbons (Fsp3) is 0.533. The molecule has 1 aliphatic heterocycles. The summed E-state index contributed by atoms with van der Waals surface area (Å²) >= 11 is 7.00. The molecule has 0 aliphatic carbocycles. The summed E-state index contributed by atoms with van der Waals surface area (Å²) in [6, 6.07) is 7.55. The van der Waals surface area contributed by atoms with E-state index in [2.05, 4.69) is 43.2 Å². The van der Waals surface area contributed by atoms with Gasteiger partial charge in [0, 0.05) is 28.2 Å². The molecule has 0 bridgehead atoms. The van der Waals surface area contributed by atoms with Crippen LogP contribution in [0.3, 0.4) is 0 Å². The van der Waals surface area contributed by atoms with Gasteiger partial charge in [-0.3, -0.25) is 0 Å². The first-order valence-electron chi connectivity index (χ1n) is 6.85. The van der Waals surface area contributed by atoms with Crippen molar-refractivity contribution in [2.75, 3.05) is 11.2 Å². The Hall–Kier alpha value is -0.740. The van der Waals surface area contributed by atoms with Crippen molar-refractivity contribution in [1.29, 1.82) is 0 Å². The lowest BCUT2D eigenvalue weighted by atomic mass is 10.1. The van der Waals surface area contributed by atoms with Gasteiger partial charge in [0.2, 0.25) is 0 Å². The van der Waals surface area contributed by atoms with Crippen LogP contribution in [0.4, 0.5) is 5.69 Å². The zero-order valence-corrected chi connectivity index (χ0v) is 13.5. The predicted octanol–water partition coefficient (Wildman–Crippen LogP) is 3.81. The van der Waals surface area contributed by atoms with Gasteiger partial charge in [0.05, 0.1) is 0 Å². The lowest BCUT2D eigenvalue weighted by Crippen LogP contribution is -2.35. The van der Waals surface area contributed by atoms with Crippen LogP contribution < -0.4 is 10.6 Å². The Morgan fingerprint density at radius 2 is 2.21 bits per heavy atom. The summed E-state index contributed by atoms with van der Waals surface area (Å²) in [6.07, 6.45) is 5.76. The second-order valence-electron chi connectivity index (χ2n) is 5.11. The van der Waals surface area contributed by atoms with E-state index in [0.29, 0.717) is 17.1 Å². The van der Waals surface area contributed by atoms with Crippen LogP contribution in [0, 0.1) is 0 Å². The molecule has 2 nitrogen and oxygen atoms in total. The van der Waals surface area contributed by atoms with Crippen LogP contribution in [0.25, 0.3) is 0 Å². The van der Waals surface area contributed by atoms with Crippen molar-refractivity contribution < 1.29 is 0 Å². The molecule has 2 unspecified atom stereocenters. The first kappa shape index (κ1) is 14.7. The third-order valence-corrected chi connectivity index (χ3v) is 4.99. The maximum atomic E-state index is 5.98. The molecular formula is C15H22N2S2. The Bertz CT molecular complexity index is 473. The molecule has 1 aromatic carbocycles. The van der Waals surface area contributed by atoms with Gasteiger partial charge in [-0.2, -0.15) is 0 Å². The molecule has 0 aromatic heterocycles. The molecule has 2 rings (SSSR count). The van der Waals surface area contributed by atoms with Crippen molar-refractivity contribution in [2.45, 2.75) is 50.1 Å². The Balaban J connectivity index is 2.52. The van der Waals surface area contributed by atoms with Gasteiger partial charge in [-0.05, 0) is 44.6 Å². The molecule has 1 heterocycles. The molecule has 0 radical (unpaired) electrons. The van der Waals surface area contributed by atoms with E-state index in [1.54, 1.807) is 11.8 Å². The molecule has 1 aliphatic rings. The number of benzene rings is 1. The lowest BCUT2D eigenvalue weighted by Gasteiger charge is -2.32. The largest absolute Gasteiger partial charge is 0.389 e. The fourth-order valence-corrected chi connectivity index (χ4v) is 3.97. The van der Waals surface area contributed by atoms with E-state index in [0.717, 1.165) is 5.56 Å². The summed E-state index contributed by atoms with van der Waals surface area (Å²) in [4.78, 5) is 4.21. The van der Waals surface area contributed by atoms with E-state index in [1.165, 1.54) is 29.8 Å². The normalized spacial score (nSPS) is 22.8. The summed E-state index contributed by atoms with van der Waals surface area (Å²) in [5.41, 5.74) is 8.25. The van der Waals surface area contributed by atoms with Gasteiger partial charge in [0.1, 0.15) is 4.99 Å². The molecular weight excluding hydrogens is 272 g/mol. The number of nitrogens with two attached hydrogens (primary N) is 1. The van der Waals surface area contributed by atoms with E-state index >= 15 is 0 Å². The van der Waals surface area contributed by atoms with Crippen molar-refractivity contribution >= 4 is 34.7 Å². The smallest absolute Gasteiger partial charge is 0.107 e. The number of nitrogens with zero attached hydrogens (tertiary/aromatic N) is 1. The average Bonchev–Trinajstić information content (AvgIpc) is 2.78. The summed E-state index contributed by atoms with van der Waals surface area (Å²) in [7, 11) is 0. The Kier molecular flexibility index (Phi) is 4.74. The highest BCUT2D eigenvalue weighted by atomic mass is 32.2. The van der Waals surface area contributed by atoms with Crippen LogP contribution in [0.2, 0.25) is 0 Å². The number of anilines is 1. The van der Waals surface area contributed by atoms with E-state index in [4.69, 9.17) is 18.0 Å². The number of hydrogen-bond acceptors (Lipinski definition) is 3. The summed E-state index contributed by atoms with van der Waals surface area (Å²) in [5, 5.41) is 0. The van der Waals surface area contributed by atoms with Crippen molar-refractivity contribution in [1.82, 2.24) is 0 Å². The molecule has 1 saturated heterocycles. The number of thiocarbonyl (C=S) groups is 1. The van der Waals surface area contributed by atoms with Crippen molar-refractivity contribution in [3.8, 4) is 0 Å². The molecule has 1 fully saturated rings. The zero-order chi connectivity index (χ0) is 14.0. The van der Waals surface area contributed by atoms with Crippen LogP contribution in [-0.2, 0) is 0 Å². The summed E-state index contributed by atoms with van der Waals surface area (Å²) in [6.45, 7) is 4.55. The molecule has 104 valence electrons. The molecule has 19 heavy (non-hydrogen) atoms. The highest BCUT2D eigenvalue weighted by Crippen LogP contribution is 2.37. The summed E-state index contributed by atoms with van der Waals surface area (Å²) in [5.74, 6) is 0. The molecule has 2 atom stereocenters. The van der Waals surface area contributed by atoms with Crippen LogP contribution >= 0.6 is 24.0 Å². The third-order valence-electron chi connectivity index (χ3n) is 4.01. The molecule has 1 aromatic rings. The van der Waals surface area contributed by atoms with Crippen LogP contribution in [0.5, 0.6) is 0 Å². The SMILES string of the molecule is CCC1CCC(C)N1c1cccc(SC)c1C(N)=S. The first-order chi connectivity index (χ1) is 9.10. The molecule has 0 saturated carbocycles. The summed E-state index contributed by atoms with van der Waals surface area (Å²) < 4.78 is 0. The topological polar surface area (TPSA) is 29.3 Å². The number of hydrogen-bond donors (Lipinski definition) is 1. The van der Waals surface area contributed by atoms with E-state index in [1.807, 2.05) is 0 Å².